The van der Waals surface area contributed by atoms with Crippen LogP contribution in [0.15, 0.2) is 47.6 Å². The monoisotopic (exact) mass is 1380 g/mol. The number of rotatable bonds is 65. The van der Waals surface area contributed by atoms with Crippen LogP contribution in [0.4, 0.5) is 0 Å². The largest absolute Gasteiger partial charge is 2.00 e. The normalized spacial score (nSPS) is 12.3. The molecule has 0 atom stereocenters. The Bertz CT molecular complexity index is 2100. The number of unbranched alkanes of at least 4 members (excludes halogenated alkanes) is 47. The second-order valence-electron chi connectivity index (χ2n) is 30.2. The minimum atomic E-state index is 0. The van der Waals surface area contributed by atoms with Crippen LogP contribution in [0.3, 0.4) is 0 Å². The third-order valence-corrected chi connectivity index (χ3v) is 21.0. The molecule has 0 fully saturated rings. The first-order valence-corrected chi connectivity index (χ1v) is 43.8. The van der Waals surface area contributed by atoms with Crippen molar-refractivity contribution in [3.63, 3.8) is 0 Å². The first-order valence-electron chi connectivity index (χ1n) is 43.8. The van der Waals surface area contributed by atoms with E-state index in [1.165, 1.54) is 375 Å². The fraction of sp³-hybridized carbons (Fsp3) is 0.787. The molecule has 3 heteroatoms. The zero-order valence-corrected chi connectivity index (χ0v) is 68.3. The van der Waals surface area contributed by atoms with Gasteiger partial charge in [0.05, 0.1) is 5.57 Å². The van der Waals surface area contributed by atoms with Crippen LogP contribution in [0.5, 0.6) is 0 Å². The topological polar surface area (TPSA) is 25.3 Å². The zero-order chi connectivity index (χ0) is 70.0. The first kappa shape index (κ1) is 94.8. The van der Waals surface area contributed by atoms with E-state index in [0.29, 0.717) is 0 Å². The Morgan fingerprint density at radius 2 is 0.495 bits per heavy atom. The van der Waals surface area contributed by atoms with E-state index in [4.69, 9.17) is 0 Å². The van der Waals surface area contributed by atoms with Crippen molar-refractivity contribution >= 4 is 11.4 Å². The zero-order valence-electron chi connectivity index (χ0n) is 67.3. The van der Waals surface area contributed by atoms with Crippen LogP contribution in [0.1, 0.15) is 486 Å². The molecule has 564 valence electrons. The second-order valence-corrected chi connectivity index (χ2v) is 30.2. The van der Waals surface area contributed by atoms with Crippen molar-refractivity contribution in [1.82, 2.24) is 0 Å². The fourth-order valence-corrected chi connectivity index (χ4v) is 14.6. The summed E-state index contributed by atoms with van der Waals surface area (Å²) in [6.07, 6.45) is 88.8. The molecule has 0 bridgehead atoms. The molecule has 3 rings (SSSR count). The number of aryl methyl sites for hydroxylation is 4. The molecular weight excluding hydrogens is 1220 g/mol. The van der Waals surface area contributed by atoms with E-state index in [1.54, 1.807) is 38.1 Å². The van der Waals surface area contributed by atoms with E-state index in [9.17, 15) is 5.53 Å². The summed E-state index contributed by atoms with van der Waals surface area (Å²) in [5.74, 6) is 0. The molecule has 0 N–H and O–H groups in total. The van der Waals surface area contributed by atoms with Crippen molar-refractivity contribution in [2.75, 3.05) is 0 Å². The molecule has 0 spiro atoms. The van der Waals surface area contributed by atoms with Gasteiger partial charge in [-0.05, 0) is 160 Å². The molecule has 1 heterocycles. The summed E-state index contributed by atoms with van der Waals surface area (Å²) in [5, 5.41) is 0. The Labute approximate surface area is 620 Å². The number of nitrogens with zero attached hydrogens (tertiary/aromatic N) is 2. The van der Waals surface area contributed by atoms with Gasteiger partial charge in [0, 0.05) is 16.7 Å². The van der Waals surface area contributed by atoms with Gasteiger partial charge in [0.1, 0.15) is 0 Å². The van der Waals surface area contributed by atoms with Crippen molar-refractivity contribution < 1.29 is 21.2 Å². The third kappa shape index (κ3) is 46.9. The quantitative estimate of drug-likeness (QED) is 0.0273. The van der Waals surface area contributed by atoms with Gasteiger partial charge in [0.25, 0.3) is 0 Å². The van der Waals surface area contributed by atoms with E-state index in [0.717, 1.165) is 69.2 Å². The number of benzene rings is 2. The van der Waals surface area contributed by atoms with Crippen LogP contribution >= 0.6 is 0 Å². The molecule has 0 radical (unpaired) electrons. The Balaban J connectivity index is 0.00000966. The summed E-state index contributed by atoms with van der Waals surface area (Å²) in [4.78, 5) is 0. The van der Waals surface area contributed by atoms with E-state index in [-0.39, 0.29) is 16.5 Å². The molecule has 2 aromatic rings. The van der Waals surface area contributed by atoms with Crippen LogP contribution in [-0.2, 0) is 55.0 Å². The van der Waals surface area contributed by atoms with Gasteiger partial charge in [-0.1, -0.05) is 377 Å². The molecule has 0 saturated carbocycles. The molecule has 97 heavy (non-hydrogen) atoms. The van der Waals surface area contributed by atoms with Gasteiger partial charge in [-0.25, -0.2) is 4.70 Å². The average molecular weight is 1390 g/mol. The maximum atomic E-state index is 13.6. The molecule has 0 amide bonds. The van der Waals surface area contributed by atoms with Gasteiger partial charge in [-0.2, -0.15) is 12.8 Å². The molecule has 1 aliphatic rings. The Kier molecular flexibility index (Phi) is 69.1. The van der Waals surface area contributed by atoms with Crippen molar-refractivity contribution in [2.45, 2.75) is 480 Å². The van der Waals surface area contributed by atoms with E-state index >= 15 is 0 Å². The van der Waals surface area contributed by atoms with Crippen molar-refractivity contribution in [2.24, 2.45) is 0 Å². The number of hydrogen-bond acceptors (Lipinski definition) is 0. The predicted octanol–water partition coefficient (Wildman–Crippen LogP) is 33.1. The summed E-state index contributed by atoms with van der Waals surface area (Å²) in [6, 6.07) is 10.5. The van der Waals surface area contributed by atoms with E-state index in [1.807, 2.05) is 0 Å². The Hall–Kier alpha value is -2.25. The van der Waals surface area contributed by atoms with Crippen LogP contribution < -0.4 is 0 Å². The van der Waals surface area contributed by atoms with Gasteiger partial charge in [-0.3, -0.25) is 0 Å². The van der Waals surface area contributed by atoms with Gasteiger partial charge < -0.3 is 19.4 Å². The minimum absolute atomic E-state index is 0. The molecule has 0 saturated heterocycles. The number of hydrogen-bond donors (Lipinski definition) is 0. The summed E-state index contributed by atoms with van der Waals surface area (Å²) in [7, 11) is 0. The SMILES string of the molecule is CCCCCCCCCCCCCCCCCCCCCCCC=CC1=C(c2cc(CCCCCC)c(CCCCCCCC)c(CCCCCC)c2)[N+](=[N-])C(c2cc(CCCCCC)c(CCCCCCCC)c(CCCCCC)c2)=C1CCCCC.[CH2-]CCC.[CH2-]CCC.[Ni+2]. The maximum Gasteiger partial charge on any atom is 2.00 e. The standard InChI is InChI=1S/C86H150N2.2C4H9.Ni/c1-9-17-25-32-35-36-37-38-39-40-41-42-43-44-45-46-47-48-49-50-51-54-62-70-84-83(69-55-24-16-8)85(79-71-75(63-56-28-20-12-4)81(67-60-52-33-26-18-10-2)76(72-79)64-57-29-21-13-5)88(87)86(84)80-73-77(65-58-30-22-14-6)82(68-61-53-34-27-19-11-3)78(74-80)66-59-31-23-15-7;2*1-3-4-2;/h62,70-74H,9-61,63-69H2,1-8H3;2*1,3-4H2,2H3;/q;2*-1;+2. The fourth-order valence-electron chi connectivity index (χ4n) is 14.6. The van der Waals surface area contributed by atoms with Crippen molar-refractivity contribution in [1.29, 1.82) is 0 Å². The molecule has 0 aromatic heterocycles. The average Bonchev–Trinajstić information content (AvgIpc) is 1.66. The van der Waals surface area contributed by atoms with E-state index in [2.05, 4.69) is 120 Å². The molecular formula is C94H168N2Ni. The summed E-state index contributed by atoms with van der Waals surface area (Å²) < 4.78 is 1.79. The molecule has 0 aliphatic carbocycles. The van der Waals surface area contributed by atoms with Crippen LogP contribution in [0.25, 0.3) is 16.9 Å². The first-order chi connectivity index (χ1) is 47.3. The van der Waals surface area contributed by atoms with Gasteiger partial charge in [0.2, 0.25) is 11.4 Å². The van der Waals surface area contributed by atoms with Gasteiger partial charge in [-0.15, -0.1) is 0 Å². The minimum Gasteiger partial charge on any atom is -0.493 e. The van der Waals surface area contributed by atoms with Crippen LogP contribution in [0, 0.1) is 13.8 Å². The van der Waals surface area contributed by atoms with Gasteiger partial charge in [0.15, 0.2) is 0 Å². The smallest absolute Gasteiger partial charge is 0.493 e. The van der Waals surface area contributed by atoms with Crippen molar-refractivity contribution in [3.05, 3.63) is 111 Å². The maximum absolute atomic E-state index is 13.6. The Morgan fingerprint density at radius 1 is 0.278 bits per heavy atom. The predicted molar refractivity (Wildman–Crippen MR) is 437 cm³/mol. The van der Waals surface area contributed by atoms with Crippen LogP contribution in [-0.4, -0.2) is 4.70 Å². The van der Waals surface area contributed by atoms with Crippen LogP contribution in [0.2, 0.25) is 0 Å². The third-order valence-electron chi connectivity index (χ3n) is 21.0. The molecule has 2 aromatic carbocycles. The summed E-state index contributed by atoms with van der Waals surface area (Å²) in [5.41, 5.74) is 30.7. The summed E-state index contributed by atoms with van der Waals surface area (Å²) >= 11 is 0. The van der Waals surface area contributed by atoms with E-state index < -0.39 is 0 Å². The summed E-state index contributed by atoms with van der Waals surface area (Å²) in [6.45, 7) is 30.2. The molecule has 1 aliphatic heterocycles. The second kappa shape index (κ2) is 70.8. The van der Waals surface area contributed by atoms with Gasteiger partial charge >= 0.3 is 16.5 Å². The van der Waals surface area contributed by atoms with Crippen molar-refractivity contribution in [3.8, 4) is 0 Å². The molecule has 0 unspecified atom stereocenters. The molecule has 2 nitrogen and oxygen atoms in total. The number of allylic oxidation sites excluding steroid dienone is 4. The Morgan fingerprint density at radius 3 is 0.773 bits per heavy atom.